The molecule has 1 saturated carbocycles. The molecule has 0 aromatic carbocycles. The molecule has 0 bridgehead atoms. The zero-order valence-corrected chi connectivity index (χ0v) is 9.13. The summed E-state index contributed by atoms with van der Waals surface area (Å²) in [5, 5.41) is 9.10. The number of hydrogen-bond donors (Lipinski definition) is 1. The summed E-state index contributed by atoms with van der Waals surface area (Å²) in [5.74, 6) is -1.39. The SMILES string of the molecule is C[C@@H]1CN(CC2CC(F)(F)C2)C[C@H]1CO. The van der Waals surface area contributed by atoms with Gasteiger partial charge in [-0.2, -0.15) is 0 Å². The molecule has 4 heteroatoms. The molecular weight excluding hydrogens is 200 g/mol. The predicted molar refractivity (Wildman–Crippen MR) is 53.9 cm³/mol. The number of likely N-dealkylation sites (tertiary alicyclic amines) is 1. The van der Waals surface area contributed by atoms with Gasteiger partial charge < -0.3 is 10.0 Å². The minimum absolute atomic E-state index is 0.0572. The van der Waals surface area contributed by atoms with Gasteiger partial charge in [0.05, 0.1) is 0 Å². The van der Waals surface area contributed by atoms with Gasteiger partial charge in [0.2, 0.25) is 5.92 Å². The van der Waals surface area contributed by atoms with Gasteiger partial charge in [-0.1, -0.05) is 6.92 Å². The minimum Gasteiger partial charge on any atom is -0.396 e. The highest BCUT2D eigenvalue weighted by molar-refractivity contribution is 4.90. The Morgan fingerprint density at radius 3 is 2.47 bits per heavy atom. The van der Waals surface area contributed by atoms with Gasteiger partial charge in [0.25, 0.3) is 0 Å². The van der Waals surface area contributed by atoms with Crippen molar-refractivity contribution in [1.29, 1.82) is 0 Å². The van der Waals surface area contributed by atoms with E-state index in [1.54, 1.807) is 0 Å². The Balaban J connectivity index is 1.74. The fourth-order valence-corrected chi connectivity index (χ4v) is 2.81. The molecule has 0 radical (unpaired) electrons. The molecule has 2 atom stereocenters. The quantitative estimate of drug-likeness (QED) is 0.779. The van der Waals surface area contributed by atoms with Crippen LogP contribution in [-0.4, -0.2) is 42.2 Å². The summed E-state index contributed by atoms with van der Waals surface area (Å²) in [4.78, 5) is 2.23. The van der Waals surface area contributed by atoms with Crippen molar-refractivity contribution in [3.8, 4) is 0 Å². The average Bonchev–Trinajstić information content (AvgIpc) is 2.43. The van der Waals surface area contributed by atoms with Crippen LogP contribution in [0.25, 0.3) is 0 Å². The van der Waals surface area contributed by atoms with Crippen LogP contribution in [0, 0.1) is 17.8 Å². The number of aliphatic hydroxyl groups excluding tert-OH is 1. The van der Waals surface area contributed by atoms with E-state index >= 15 is 0 Å². The predicted octanol–water partition coefficient (Wildman–Crippen LogP) is 1.59. The van der Waals surface area contributed by atoms with Gasteiger partial charge >= 0.3 is 0 Å². The second-order valence-corrected chi connectivity index (χ2v) is 5.27. The second-order valence-electron chi connectivity index (χ2n) is 5.27. The first-order chi connectivity index (χ1) is 7.00. The van der Waals surface area contributed by atoms with Gasteiger partial charge in [-0.3, -0.25) is 0 Å². The number of hydrogen-bond acceptors (Lipinski definition) is 2. The third-order valence-electron chi connectivity index (χ3n) is 3.77. The third-order valence-corrected chi connectivity index (χ3v) is 3.77. The van der Waals surface area contributed by atoms with Gasteiger partial charge in [-0.15, -0.1) is 0 Å². The lowest BCUT2D eigenvalue weighted by Gasteiger charge is -2.37. The van der Waals surface area contributed by atoms with E-state index in [0.29, 0.717) is 11.8 Å². The summed E-state index contributed by atoms with van der Waals surface area (Å²) in [6, 6.07) is 0. The van der Waals surface area contributed by atoms with E-state index in [1.165, 1.54) is 0 Å². The Labute approximate surface area is 89.3 Å². The molecule has 1 saturated heterocycles. The van der Waals surface area contributed by atoms with E-state index in [2.05, 4.69) is 11.8 Å². The first-order valence-electron chi connectivity index (χ1n) is 5.71. The lowest BCUT2D eigenvalue weighted by atomic mass is 9.81. The lowest BCUT2D eigenvalue weighted by molar-refractivity contribution is -0.115. The Kier molecular flexibility index (Phi) is 2.99. The Morgan fingerprint density at radius 2 is 2.00 bits per heavy atom. The van der Waals surface area contributed by atoms with E-state index in [1.807, 2.05) is 0 Å². The summed E-state index contributed by atoms with van der Waals surface area (Å²) < 4.78 is 25.2. The zero-order valence-electron chi connectivity index (χ0n) is 9.13. The molecule has 0 spiro atoms. The van der Waals surface area contributed by atoms with Gasteiger partial charge in [-0.05, 0) is 17.8 Å². The minimum atomic E-state index is -2.40. The molecule has 88 valence electrons. The Morgan fingerprint density at radius 1 is 1.33 bits per heavy atom. The second kappa shape index (κ2) is 3.98. The maximum Gasteiger partial charge on any atom is 0.248 e. The number of alkyl halides is 2. The standard InChI is InChI=1S/C11H19F2NO/c1-8-4-14(6-10(8)7-15)5-9-2-11(12,13)3-9/h8-10,15H,2-7H2,1H3/t8-,10+/m1/s1. The maximum absolute atomic E-state index is 12.6. The van der Waals surface area contributed by atoms with Crippen molar-refractivity contribution in [2.45, 2.75) is 25.7 Å². The van der Waals surface area contributed by atoms with E-state index in [0.717, 1.165) is 19.6 Å². The molecule has 0 amide bonds. The topological polar surface area (TPSA) is 23.5 Å². The molecule has 0 aromatic heterocycles. The van der Waals surface area contributed by atoms with Gasteiger partial charge in [0.15, 0.2) is 0 Å². The first kappa shape index (κ1) is 11.3. The molecule has 1 heterocycles. The van der Waals surface area contributed by atoms with E-state index < -0.39 is 5.92 Å². The van der Waals surface area contributed by atoms with Crippen molar-refractivity contribution in [3.63, 3.8) is 0 Å². The maximum atomic E-state index is 12.6. The molecule has 1 aliphatic carbocycles. The van der Waals surface area contributed by atoms with Crippen LogP contribution >= 0.6 is 0 Å². The highest BCUT2D eigenvalue weighted by Gasteiger charge is 2.46. The smallest absolute Gasteiger partial charge is 0.248 e. The molecule has 0 unspecified atom stereocenters. The van der Waals surface area contributed by atoms with Crippen LogP contribution < -0.4 is 0 Å². The molecule has 2 nitrogen and oxygen atoms in total. The number of rotatable bonds is 3. The van der Waals surface area contributed by atoms with E-state index in [-0.39, 0.29) is 25.4 Å². The van der Waals surface area contributed by atoms with Gasteiger partial charge in [-0.25, -0.2) is 8.78 Å². The highest BCUT2D eigenvalue weighted by Crippen LogP contribution is 2.43. The summed E-state index contributed by atoms with van der Waals surface area (Å²) in [5.41, 5.74) is 0. The van der Waals surface area contributed by atoms with Crippen molar-refractivity contribution in [2.24, 2.45) is 17.8 Å². The molecule has 0 aromatic rings. The third kappa shape index (κ3) is 2.48. The van der Waals surface area contributed by atoms with E-state index in [9.17, 15) is 8.78 Å². The van der Waals surface area contributed by atoms with Crippen molar-refractivity contribution >= 4 is 0 Å². The van der Waals surface area contributed by atoms with Crippen molar-refractivity contribution in [1.82, 2.24) is 4.90 Å². The molecule has 1 aliphatic heterocycles. The highest BCUT2D eigenvalue weighted by atomic mass is 19.3. The lowest BCUT2D eigenvalue weighted by Crippen LogP contribution is -2.42. The van der Waals surface area contributed by atoms with Crippen molar-refractivity contribution in [2.75, 3.05) is 26.2 Å². The van der Waals surface area contributed by atoms with E-state index in [4.69, 9.17) is 5.11 Å². The van der Waals surface area contributed by atoms with Gasteiger partial charge in [0, 0.05) is 39.1 Å². The Bertz CT molecular complexity index is 227. The number of nitrogens with zero attached hydrogens (tertiary/aromatic N) is 1. The average molecular weight is 219 g/mol. The first-order valence-corrected chi connectivity index (χ1v) is 5.71. The van der Waals surface area contributed by atoms with Crippen LogP contribution in [0.3, 0.4) is 0 Å². The van der Waals surface area contributed by atoms with Crippen LogP contribution in [0.15, 0.2) is 0 Å². The largest absolute Gasteiger partial charge is 0.396 e. The zero-order chi connectivity index (χ0) is 11.1. The molecule has 1 N–H and O–H groups in total. The number of aliphatic hydroxyl groups is 1. The van der Waals surface area contributed by atoms with Crippen LogP contribution in [0.5, 0.6) is 0 Å². The van der Waals surface area contributed by atoms with Gasteiger partial charge in [0.1, 0.15) is 0 Å². The number of halogens is 2. The molecule has 2 fully saturated rings. The summed E-state index contributed by atoms with van der Waals surface area (Å²) in [6.45, 7) is 4.96. The van der Waals surface area contributed by atoms with Crippen LogP contribution in [0.2, 0.25) is 0 Å². The van der Waals surface area contributed by atoms with Crippen LogP contribution in [0.1, 0.15) is 19.8 Å². The van der Waals surface area contributed by atoms with Crippen molar-refractivity contribution in [3.05, 3.63) is 0 Å². The summed E-state index contributed by atoms with van der Waals surface area (Å²) in [6.07, 6.45) is 0.114. The molecule has 2 rings (SSSR count). The normalized spacial score (nSPS) is 36.8. The molecule has 15 heavy (non-hydrogen) atoms. The molecular formula is C11H19F2NO. The summed E-state index contributed by atoms with van der Waals surface area (Å²) >= 11 is 0. The monoisotopic (exact) mass is 219 g/mol. The summed E-state index contributed by atoms with van der Waals surface area (Å²) in [7, 11) is 0. The van der Waals surface area contributed by atoms with Crippen LogP contribution in [-0.2, 0) is 0 Å². The van der Waals surface area contributed by atoms with Crippen molar-refractivity contribution < 1.29 is 13.9 Å². The fourth-order valence-electron chi connectivity index (χ4n) is 2.81. The fraction of sp³-hybridized carbons (Fsp3) is 1.00. The Hall–Kier alpha value is -0.220. The molecule has 2 aliphatic rings. The van der Waals surface area contributed by atoms with Crippen LogP contribution in [0.4, 0.5) is 8.78 Å².